The molecule has 1 nitrogen and oxygen atoms in total. The minimum absolute atomic E-state index is 0.0825. The monoisotopic (exact) mass is 757 g/mol. The molecule has 1 spiro atoms. The van der Waals surface area contributed by atoms with Crippen LogP contribution in [0.1, 0.15) is 47.2 Å². The fourth-order valence-electron chi connectivity index (χ4n) is 10.6. The largest absolute Gasteiger partial charge is 0.310 e. The minimum Gasteiger partial charge on any atom is -0.310 e. The zero-order valence-electron chi connectivity index (χ0n) is 32.4. The van der Waals surface area contributed by atoms with Crippen molar-refractivity contribution in [2.24, 2.45) is 0 Å². The summed E-state index contributed by atoms with van der Waals surface area (Å²) in [5.41, 5.74) is 18.9. The molecule has 0 saturated heterocycles. The molecule has 58 heavy (non-hydrogen) atoms. The van der Waals surface area contributed by atoms with Crippen molar-refractivity contribution in [3.63, 3.8) is 0 Å². The summed E-state index contributed by atoms with van der Waals surface area (Å²) in [6.07, 6.45) is 0. The molecule has 0 amide bonds. The first kappa shape index (κ1) is 33.5. The first-order chi connectivity index (χ1) is 28.5. The molecular weight excluding hydrogens is 719 g/mol. The summed E-state index contributed by atoms with van der Waals surface area (Å²) in [6.45, 7) is 4.71. The molecule has 12 rings (SSSR count). The highest BCUT2D eigenvalue weighted by atomic mass is 32.2. The molecule has 0 unspecified atom stereocenters. The molecular formula is C56H39NS. The third kappa shape index (κ3) is 4.55. The minimum atomic E-state index is -0.453. The summed E-state index contributed by atoms with van der Waals surface area (Å²) in [5, 5.41) is 2.59. The standard InChI is InChI=1S/C56H39NS/c1-55(2)47-23-11-8-19-43(47)46-33-32-40(35-51(46)55)57(38-16-4-3-5-17-38)39-30-27-37(28-31-39)42-22-14-26-50-54(42)58-52-34-29-36-15-6-7-18-41(36)53(52)56(50)48-24-12-9-20-44(48)45-21-10-13-25-49(45)56/h3-35H,1-2H3. The van der Waals surface area contributed by atoms with E-state index in [4.69, 9.17) is 0 Å². The van der Waals surface area contributed by atoms with Gasteiger partial charge in [-0.25, -0.2) is 0 Å². The van der Waals surface area contributed by atoms with E-state index >= 15 is 0 Å². The fourth-order valence-corrected chi connectivity index (χ4v) is 11.9. The van der Waals surface area contributed by atoms with E-state index in [1.165, 1.54) is 87.3 Å². The molecule has 0 bridgehead atoms. The summed E-state index contributed by atoms with van der Waals surface area (Å²) >= 11 is 1.93. The molecule has 1 aliphatic heterocycles. The number of rotatable bonds is 4. The highest BCUT2D eigenvalue weighted by Gasteiger charge is 2.51. The van der Waals surface area contributed by atoms with Gasteiger partial charge >= 0.3 is 0 Å². The number of para-hydroxylation sites is 1. The number of nitrogens with zero attached hydrogens (tertiary/aromatic N) is 1. The average molecular weight is 758 g/mol. The maximum absolute atomic E-state index is 2.42. The van der Waals surface area contributed by atoms with Crippen molar-refractivity contribution in [1.82, 2.24) is 0 Å². The summed E-state index contributed by atoms with van der Waals surface area (Å²) in [6, 6.07) is 74.8. The van der Waals surface area contributed by atoms with Crippen molar-refractivity contribution in [2.75, 3.05) is 4.90 Å². The predicted octanol–water partition coefficient (Wildman–Crippen LogP) is 15.1. The van der Waals surface area contributed by atoms with Gasteiger partial charge in [-0.05, 0) is 120 Å². The van der Waals surface area contributed by atoms with Gasteiger partial charge in [0.2, 0.25) is 0 Å². The van der Waals surface area contributed by atoms with E-state index in [2.05, 4.69) is 219 Å². The second kappa shape index (κ2) is 12.4. The Labute approximate surface area is 344 Å². The van der Waals surface area contributed by atoms with Crippen LogP contribution in [0.25, 0.3) is 44.2 Å². The number of hydrogen-bond donors (Lipinski definition) is 0. The zero-order chi connectivity index (χ0) is 38.6. The molecule has 9 aromatic carbocycles. The van der Waals surface area contributed by atoms with Crippen LogP contribution in [-0.4, -0.2) is 0 Å². The smallest absolute Gasteiger partial charge is 0.0741 e. The van der Waals surface area contributed by atoms with Crippen molar-refractivity contribution in [3.05, 3.63) is 234 Å². The maximum Gasteiger partial charge on any atom is 0.0741 e. The Balaban J connectivity index is 1.03. The molecule has 3 aliphatic rings. The molecule has 9 aromatic rings. The third-order valence-corrected chi connectivity index (χ3v) is 14.3. The second-order valence-corrected chi connectivity index (χ2v) is 17.5. The molecule has 1 heterocycles. The van der Waals surface area contributed by atoms with Crippen molar-refractivity contribution >= 4 is 39.6 Å². The van der Waals surface area contributed by atoms with Crippen molar-refractivity contribution in [2.45, 2.75) is 34.5 Å². The molecule has 0 aromatic heterocycles. The lowest BCUT2D eigenvalue weighted by atomic mass is 9.66. The van der Waals surface area contributed by atoms with E-state index in [1.807, 2.05) is 11.8 Å². The molecule has 2 aliphatic carbocycles. The topological polar surface area (TPSA) is 3.24 Å². The zero-order valence-corrected chi connectivity index (χ0v) is 33.2. The van der Waals surface area contributed by atoms with E-state index in [9.17, 15) is 0 Å². The molecule has 0 atom stereocenters. The van der Waals surface area contributed by atoms with Gasteiger partial charge in [0.25, 0.3) is 0 Å². The van der Waals surface area contributed by atoms with Crippen LogP contribution < -0.4 is 4.90 Å². The van der Waals surface area contributed by atoms with E-state index in [1.54, 1.807) is 0 Å². The van der Waals surface area contributed by atoms with Gasteiger partial charge in [-0.2, -0.15) is 0 Å². The maximum atomic E-state index is 2.42. The van der Waals surface area contributed by atoms with Gasteiger partial charge < -0.3 is 4.90 Å². The fraction of sp³-hybridized carbons (Fsp3) is 0.0714. The van der Waals surface area contributed by atoms with Gasteiger partial charge in [0.05, 0.1) is 5.41 Å². The Morgan fingerprint density at radius 1 is 0.397 bits per heavy atom. The predicted molar refractivity (Wildman–Crippen MR) is 243 cm³/mol. The molecule has 0 N–H and O–H groups in total. The van der Waals surface area contributed by atoms with Gasteiger partial charge in [-0.15, -0.1) is 0 Å². The van der Waals surface area contributed by atoms with Crippen LogP contribution in [0.15, 0.2) is 210 Å². The van der Waals surface area contributed by atoms with Crippen molar-refractivity contribution in [3.8, 4) is 33.4 Å². The first-order valence-electron chi connectivity index (χ1n) is 20.3. The van der Waals surface area contributed by atoms with Crippen LogP contribution in [0.5, 0.6) is 0 Å². The number of hydrogen-bond acceptors (Lipinski definition) is 2. The quantitative estimate of drug-likeness (QED) is 0.176. The van der Waals surface area contributed by atoms with E-state index in [0.29, 0.717) is 0 Å². The van der Waals surface area contributed by atoms with Crippen LogP contribution in [0.4, 0.5) is 17.1 Å². The normalized spacial score (nSPS) is 14.6. The van der Waals surface area contributed by atoms with Crippen LogP contribution in [0.2, 0.25) is 0 Å². The Kier molecular flexibility index (Phi) is 7.19. The van der Waals surface area contributed by atoms with Gasteiger partial charge in [0.15, 0.2) is 0 Å². The van der Waals surface area contributed by atoms with Gasteiger partial charge in [-0.1, -0.05) is 183 Å². The summed E-state index contributed by atoms with van der Waals surface area (Å²) < 4.78 is 0. The first-order valence-corrected chi connectivity index (χ1v) is 21.1. The Bertz CT molecular complexity index is 3080. The molecule has 0 saturated carbocycles. The van der Waals surface area contributed by atoms with E-state index < -0.39 is 5.41 Å². The number of benzene rings is 9. The van der Waals surface area contributed by atoms with Crippen LogP contribution in [0.3, 0.4) is 0 Å². The Hall–Kier alpha value is -6.61. The van der Waals surface area contributed by atoms with Crippen molar-refractivity contribution < 1.29 is 0 Å². The number of fused-ring (bicyclic) bond motifs is 14. The third-order valence-electron chi connectivity index (χ3n) is 13.1. The lowest BCUT2D eigenvalue weighted by molar-refractivity contribution is 0.660. The molecule has 274 valence electrons. The summed E-state index contributed by atoms with van der Waals surface area (Å²) in [4.78, 5) is 5.05. The van der Waals surface area contributed by atoms with Gasteiger partial charge in [0, 0.05) is 32.3 Å². The molecule has 0 fully saturated rings. The Morgan fingerprint density at radius 2 is 0.948 bits per heavy atom. The van der Waals surface area contributed by atoms with Crippen LogP contribution >= 0.6 is 11.8 Å². The van der Waals surface area contributed by atoms with Gasteiger partial charge in [-0.3, -0.25) is 0 Å². The highest BCUT2D eigenvalue weighted by Crippen LogP contribution is 2.64. The average Bonchev–Trinajstić information content (AvgIpc) is 3.69. The molecule has 2 heteroatoms. The number of anilines is 3. The highest BCUT2D eigenvalue weighted by molar-refractivity contribution is 7.99. The molecule has 0 radical (unpaired) electrons. The summed E-state index contributed by atoms with van der Waals surface area (Å²) in [5.74, 6) is 0. The van der Waals surface area contributed by atoms with Crippen molar-refractivity contribution in [1.29, 1.82) is 0 Å². The lowest BCUT2D eigenvalue weighted by Gasteiger charge is -2.41. The lowest BCUT2D eigenvalue weighted by Crippen LogP contribution is -2.32. The van der Waals surface area contributed by atoms with Crippen LogP contribution in [0, 0.1) is 0 Å². The Morgan fingerprint density at radius 3 is 1.69 bits per heavy atom. The SMILES string of the molecule is CC1(C)c2ccccc2-c2ccc(N(c3ccccc3)c3ccc(-c4cccc5c4Sc4ccc6ccccc6c4C54c5ccccc5-c5ccccc54)cc3)cc21. The van der Waals surface area contributed by atoms with Crippen LogP contribution in [-0.2, 0) is 10.8 Å². The second-order valence-electron chi connectivity index (χ2n) is 16.4. The van der Waals surface area contributed by atoms with E-state index in [0.717, 1.165) is 17.1 Å². The van der Waals surface area contributed by atoms with E-state index in [-0.39, 0.29) is 5.41 Å². The summed E-state index contributed by atoms with van der Waals surface area (Å²) in [7, 11) is 0. The van der Waals surface area contributed by atoms with Gasteiger partial charge in [0.1, 0.15) is 0 Å².